The van der Waals surface area contributed by atoms with Gasteiger partial charge in [-0.2, -0.15) is 0 Å². The number of hydrogen-bond donors (Lipinski definition) is 1. The lowest BCUT2D eigenvalue weighted by atomic mass is 9.89. The molecule has 0 saturated carbocycles. The Balaban J connectivity index is 1.29. The third kappa shape index (κ3) is 3.72. The van der Waals surface area contributed by atoms with Gasteiger partial charge in [-0.15, -0.1) is 10.2 Å². The number of aryl methyl sites for hydroxylation is 1. The minimum Gasteiger partial charge on any atom is -0.497 e. The average molecular weight is 431 g/mol. The number of methoxy groups -OCH3 is 1. The average Bonchev–Trinajstić information content (AvgIpc) is 3.41. The van der Waals surface area contributed by atoms with E-state index < -0.39 is 0 Å². The maximum absolute atomic E-state index is 13.0. The molecule has 1 fully saturated rings. The molecule has 8 heteroatoms. The van der Waals surface area contributed by atoms with Crippen molar-refractivity contribution in [3.8, 4) is 5.75 Å². The minimum atomic E-state index is -0.293. The first-order chi connectivity index (χ1) is 15.5. The van der Waals surface area contributed by atoms with Crippen LogP contribution in [0.15, 0.2) is 48.5 Å². The standard InChI is InChI=1S/C24H25N5O3/c1-15-4-3-5-16(10-15)24(31)28-12-17-11-21-26-27-22(29(21)14-18(17)13-28)23(30)25-19-6-8-20(32-2)9-7-19/h3-10,17-18H,11-14H2,1-2H3,(H,25,30)/t17-,18+/m1/s1. The van der Waals surface area contributed by atoms with Gasteiger partial charge in [0.25, 0.3) is 11.8 Å². The summed E-state index contributed by atoms with van der Waals surface area (Å²) in [6.45, 7) is 4.01. The van der Waals surface area contributed by atoms with E-state index in [1.165, 1.54) is 0 Å². The number of hydrogen-bond acceptors (Lipinski definition) is 5. The highest BCUT2D eigenvalue weighted by atomic mass is 16.5. The largest absolute Gasteiger partial charge is 0.497 e. The second-order valence-corrected chi connectivity index (χ2v) is 8.54. The van der Waals surface area contributed by atoms with Crippen molar-refractivity contribution in [3.63, 3.8) is 0 Å². The summed E-state index contributed by atoms with van der Waals surface area (Å²) in [5.74, 6) is 2.21. The molecule has 8 nitrogen and oxygen atoms in total. The maximum atomic E-state index is 13.0. The van der Waals surface area contributed by atoms with Gasteiger partial charge in [0.05, 0.1) is 7.11 Å². The van der Waals surface area contributed by atoms with Crippen molar-refractivity contribution in [2.75, 3.05) is 25.5 Å². The molecule has 5 rings (SSSR count). The molecule has 1 saturated heterocycles. The number of anilines is 1. The van der Waals surface area contributed by atoms with Gasteiger partial charge in [0, 0.05) is 37.3 Å². The van der Waals surface area contributed by atoms with Gasteiger partial charge < -0.3 is 19.5 Å². The Morgan fingerprint density at radius 3 is 2.56 bits per heavy atom. The fourth-order valence-electron chi connectivity index (χ4n) is 4.68. The van der Waals surface area contributed by atoms with Crippen LogP contribution in [0.5, 0.6) is 5.75 Å². The van der Waals surface area contributed by atoms with Crippen molar-refractivity contribution in [3.05, 3.63) is 71.3 Å². The zero-order chi connectivity index (χ0) is 22.2. The number of carbonyl (C=O) groups is 2. The zero-order valence-corrected chi connectivity index (χ0v) is 18.1. The molecule has 32 heavy (non-hydrogen) atoms. The van der Waals surface area contributed by atoms with Gasteiger partial charge in [0.2, 0.25) is 5.82 Å². The van der Waals surface area contributed by atoms with Crippen LogP contribution in [0.2, 0.25) is 0 Å². The van der Waals surface area contributed by atoms with Gasteiger partial charge in [0.15, 0.2) is 0 Å². The van der Waals surface area contributed by atoms with Crippen LogP contribution in [0, 0.1) is 18.8 Å². The predicted octanol–water partition coefficient (Wildman–Crippen LogP) is 2.79. The minimum absolute atomic E-state index is 0.0661. The smallest absolute Gasteiger partial charge is 0.293 e. The summed E-state index contributed by atoms with van der Waals surface area (Å²) < 4.78 is 7.06. The molecule has 2 amide bonds. The van der Waals surface area contributed by atoms with E-state index in [4.69, 9.17) is 4.74 Å². The fraction of sp³-hybridized carbons (Fsp3) is 0.333. The van der Waals surface area contributed by atoms with E-state index in [0.717, 1.165) is 22.7 Å². The molecule has 1 aromatic heterocycles. The molecule has 3 heterocycles. The number of ether oxygens (including phenoxy) is 1. The van der Waals surface area contributed by atoms with Crippen LogP contribution in [0.3, 0.4) is 0 Å². The number of likely N-dealkylation sites (tertiary alicyclic amines) is 1. The second-order valence-electron chi connectivity index (χ2n) is 8.54. The molecule has 0 aliphatic carbocycles. The fourth-order valence-corrected chi connectivity index (χ4v) is 4.68. The molecular formula is C24H25N5O3. The molecule has 0 radical (unpaired) electrons. The number of nitrogens with one attached hydrogen (secondary N) is 1. The van der Waals surface area contributed by atoms with Crippen molar-refractivity contribution in [2.45, 2.75) is 19.9 Å². The molecule has 0 spiro atoms. The van der Waals surface area contributed by atoms with Crippen molar-refractivity contribution in [1.29, 1.82) is 0 Å². The summed E-state index contributed by atoms with van der Waals surface area (Å²) in [6.07, 6.45) is 0.713. The van der Waals surface area contributed by atoms with Crippen LogP contribution in [0.4, 0.5) is 5.69 Å². The summed E-state index contributed by atoms with van der Waals surface area (Å²) in [5.41, 5.74) is 2.46. The van der Waals surface area contributed by atoms with E-state index in [0.29, 0.717) is 43.5 Å². The highest BCUT2D eigenvalue weighted by molar-refractivity contribution is 6.01. The van der Waals surface area contributed by atoms with Crippen LogP contribution >= 0.6 is 0 Å². The van der Waals surface area contributed by atoms with Gasteiger partial charge in [-0.1, -0.05) is 17.7 Å². The molecule has 0 bridgehead atoms. The van der Waals surface area contributed by atoms with Gasteiger partial charge in [0.1, 0.15) is 11.6 Å². The van der Waals surface area contributed by atoms with Crippen molar-refractivity contribution in [2.24, 2.45) is 11.8 Å². The molecule has 2 aromatic carbocycles. The number of amides is 2. The molecule has 2 aliphatic rings. The Labute approximate surface area is 186 Å². The van der Waals surface area contributed by atoms with E-state index >= 15 is 0 Å². The SMILES string of the molecule is COc1ccc(NC(=O)c2nnc3n2C[C@@H]2CN(C(=O)c4cccc(C)c4)C[C@H]2C3)cc1. The molecule has 2 aliphatic heterocycles. The Morgan fingerprint density at radius 1 is 1.03 bits per heavy atom. The lowest BCUT2D eigenvalue weighted by Crippen LogP contribution is -2.31. The maximum Gasteiger partial charge on any atom is 0.293 e. The topological polar surface area (TPSA) is 89.3 Å². The summed E-state index contributed by atoms with van der Waals surface area (Å²) in [5, 5.41) is 11.3. The monoisotopic (exact) mass is 431 g/mol. The first-order valence-corrected chi connectivity index (χ1v) is 10.7. The van der Waals surface area contributed by atoms with E-state index in [2.05, 4.69) is 15.5 Å². The van der Waals surface area contributed by atoms with Crippen LogP contribution in [-0.2, 0) is 13.0 Å². The van der Waals surface area contributed by atoms with E-state index in [-0.39, 0.29) is 17.7 Å². The van der Waals surface area contributed by atoms with Gasteiger partial charge in [-0.25, -0.2) is 0 Å². The van der Waals surface area contributed by atoms with Crippen molar-refractivity contribution >= 4 is 17.5 Å². The molecule has 3 aromatic rings. The van der Waals surface area contributed by atoms with E-state index in [9.17, 15) is 9.59 Å². The highest BCUT2D eigenvalue weighted by Crippen LogP contribution is 2.33. The van der Waals surface area contributed by atoms with E-state index in [1.807, 2.05) is 40.7 Å². The van der Waals surface area contributed by atoms with Crippen LogP contribution in [0.25, 0.3) is 0 Å². The van der Waals surface area contributed by atoms with Crippen LogP contribution < -0.4 is 10.1 Å². The predicted molar refractivity (Wildman–Crippen MR) is 119 cm³/mol. The second kappa shape index (κ2) is 8.11. The highest BCUT2D eigenvalue weighted by Gasteiger charge is 2.40. The number of carbonyl (C=O) groups excluding carboxylic acids is 2. The summed E-state index contributed by atoms with van der Waals surface area (Å²) >= 11 is 0. The molecular weight excluding hydrogens is 406 g/mol. The summed E-state index contributed by atoms with van der Waals surface area (Å²) in [7, 11) is 1.60. The van der Waals surface area contributed by atoms with Gasteiger partial charge >= 0.3 is 0 Å². The van der Waals surface area contributed by atoms with E-state index in [1.54, 1.807) is 31.4 Å². The lowest BCUT2D eigenvalue weighted by molar-refractivity contribution is 0.0783. The Hall–Kier alpha value is -3.68. The number of aromatic nitrogens is 3. The first-order valence-electron chi connectivity index (χ1n) is 10.7. The third-order valence-corrected chi connectivity index (χ3v) is 6.37. The lowest BCUT2D eigenvalue weighted by Gasteiger charge is -2.25. The number of benzene rings is 2. The summed E-state index contributed by atoms with van der Waals surface area (Å²) in [6, 6.07) is 14.9. The quantitative estimate of drug-likeness (QED) is 0.686. The van der Waals surface area contributed by atoms with Crippen molar-refractivity contribution in [1.82, 2.24) is 19.7 Å². The van der Waals surface area contributed by atoms with Gasteiger partial charge in [-0.3, -0.25) is 9.59 Å². The Morgan fingerprint density at radius 2 is 1.81 bits per heavy atom. The zero-order valence-electron chi connectivity index (χ0n) is 18.1. The summed E-state index contributed by atoms with van der Waals surface area (Å²) in [4.78, 5) is 27.8. The first kappa shape index (κ1) is 20.2. The normalized spacial score (nSPS) is 19.2. The molecule has 1 N–H and O–H groups in total. The van der Waals surface area contributed by atoms with Gasteiger partial charge in [-0.05, 0) is 55.2 Å². The van der Waals surface area contributed by atoms with Crippen LogP contribution in [-0.4, -0.2) is 51.7 Å². The number of nitrogens with zero attached hydrogens (tertiary/aromatic N) is 4. The molecule has 2 atom stereocenters. The third-order valence-electron chi connectivity index (χ3n) is 6.37. The Kier molecular flexibility index (Phi) is 5.13. The molecule has 164 valence electrons. The number of rotatable bonds is 4. The molecule has 0 unspecified atom stereocenters. The van der Waals surface area contributed by atoms with Crippen LogP contribution in [0.1, 0.15) is 32.4 Å². The van der Waals surface area contributed by atoms with Crippen molar-refractivity contribution < 1.29 is 14.3 Å². The number of fused-ring (bicyclic) bond motifs is 2. The Bertz CT molecular complexity index is 1170.